The third-order valence-corrected chi connectivity index (χ3v) is 6.39. The zero-order chi connectivity index (χ0) is 24.4. The molecule has 0 saturated carbocycles. The molecule has 9 nitrogen and oxygen atoms in total. The van der Waals surface area contributed by atoms with Crippen molar-refractivity contribution in [3.05, 3.63) is 67.1 Å². The summed E-state index contributed by atoms with van der Waals surface area (Å²) in [5, 5.41) is 7.72. The molecule has 1 aliphatic rings. The monoisotopic (exact) mass is 468 g/mol. The van der Waals surface area contributed by atoms with Gasteiger partial charge in [0.05, 0.1) is 18.1 Å². The van der Waals surface area contributed by atoms with Gasteiger partial charge in [0, 0.05) is 68.4 Å². The molecule has 1 amide bonds. The van der Waals surface area contributed by atoms with Crippen molar-refractivity contribution in [1.29, 1.82) is 0 Å². The van der Waals surface area contributed by atoms with Crippen molar-refractivity contribution >= 4 is 17.4 Å². The number of nitrogens with one attached hydrogen (secondary N) is 1. The van der Waals surface area contributed by atoms with Crippen molar-refractivity contribution in [3.63, 3.8) is 0 Å². The summed E-state index contributed by atoms with van der Waals surface area (Å²) in [6.07, 6.45) is 10.7. The first-order valence-electron chi connectivity index (χ1n) is 11.7. The maximum absolute atomic E-state index is 12.2. The first kappa shape index (κ1) is 22.6. The Kier molecular flexibility index (Phi) is 6.22. The third-order valence-electron chi connectivity index (χ3n) is 6.39. The molecule has 9 heteroatoms. The molecule has 1 saturated heterocycles. The summed E-state index contributed by atoms with van der Waals surface area (Å²) < 4.78 is 1.79. The van der Waals surface area contributed by atoms with Crippen LogP contribution in [-0.4, -0.2) is 53.1 Å². The molecule has 4 heterocycles. The molecule has 0 bridgehead atoms. The minimum atomic E-state index is 0.0500. The fraction of sp³-hybridized carbons (Fsp3) is 0.308. The SMILES string of the molecule is CC(=O)N1C[C@H](c2nc(Nc3cccc(-c4cnn(C)c4)c3)cc(-c3cnccn3)n2)CC[C@@H]1C. The van der Waals surface area contributed by atoms with E-state index in [-0.39, 0.29) is 17.9 Å². The van der Waals surface area contributed by atoms with Crippen molar-refractivity contribution in [2.24, 2.45) is 7.05 Å². The minimum Gasteiger partial charge on any atom is -0.340 e. The molecular formula is C26H28N8O. The molecule has 1 aromatic carbocycles. The van der Waals surface area contributed by atoms with Gasteiger partial charge in [-0.2, -0.15) is 5.10 Å². The Bertz CT molecular complexity index is 1340. The standard InChI is InChI=1S/C26H28N8O/c1-17-7-8-20(16-34(17)18(2)35)26-31-23(24-14-27-9-10-28-24)12-25(32-26)30-22-6-4-5-19(11-22)21-13-29-33(3)15-21/h4-6,9-15,17,20H,7-8,16H2,1-3H3,(H,30,31,32)/t17-,20+/m0/s1. The lowest BCUT2D eigenvalue weighted by Crippen LogP contribution is -2.44. The second-order valence-corrected chi connectivity index (χ2v) is 8.99. The number of benzene rings is 1. The maximum atomic E-state index is 12.2. The maximum Gasteiger partial charge on any atom is 0.219 e. The normalized spacial score (nSPS) is 17.9. The van der Waals surface area contributed by atoms with Crippen LogP contribution in [0.4, 0.5) is 11.5 Å². The first-order valence-corrected chi connectivity index (χ1v) is 11.7. The van der Waals surface area contributed by atoms with Crippen molar-refractivity contribution in [1.82, 2.24) is 34.6 Å². The molecule has 0 unspecified atom stereocenters. The van der Waals surface area contributed by atoms with Crippen LogP contribution < -0.4 is 5.32 Å². The van der Waals surface area contributed by atoms with E-state index in [1.807, 2.05) is 42.5 Å². The Labute approximate surface area is 204 Å². The molecule has 35 heavy (non-hydrogen) atoms. The van der Waals surface area contributed by atoms with Crippen LogP contribution in [0.1, 0.15) is 38.4 Å². The predicted octanol–water partition coefficient (Wildman–Crippen LogP) is 4.19. The largest absolute Gasteiger partial charge is 0.340 e. The zero-order valence-corrected chi connectivity index (χ0v) is 20.1. The molecule has 0 aliphatic carbocycles. The van der Waals surface area contributed by atoms with Gasteiger partial charge in [0.25, 0.3) is 0 Å². The van der Waals surface area contributed by atoms with E-state index in [1.54, 1.807) is 30.2 Å². The van der Waals surface area contributed by atoms with Crippen molar-refractivity contribution in [2.75, 3.05) is 11.9 Å². The van der Waals surface area contributed by atoms with E-state index < -0.39 is 0 Å². The third kappa shape index (κ3) is 5.03. The van der Waals surface area contributed by atoms with Crippen LogP contribution in [0.2, 0.25) is 0 Å². The second kappa shape index (κ2) is 9.61. The van der Waals surface area contributed by atoms with Crippen molar-refractivity contribution in [3.8, 4) is 22.5 Å². The summed E-state index contributed by atoms with van der Waals surface area (Å²) in [5.41, 5.74) is 4.38. The van der Waals surface area contributed by atoms with Crippen LogP contribution in [0.25, 0.3) is 22.5 Å². The van der Waals surface area contributed by atoms with Gasteiger partial charge in [-0.15, -0.1) is 0 Å². The van der Waals surface area contributed by atoms with Gasteiger partial charge in [-0.3, -0.25) is 19.4 Å². The van der Waals surface area contributed by atoms with Crippen LogP contribution in [0.3, 0.4) is 0 Å². The Hall–Kier alpha value is -4.14. The van der Waals surface area contributed by atoms with Crippen LogP contribution in [0, 0.1) is 0 Å². The molecule has 1 fully saturated rings. The quantitative estimate of drug-likeness (QED) is 0.468. The number of likely N-dealkylation sites (tertiary alicyclic amines) is 1. The predicted molar refractivity (Wildman–Crippen MR) is 134 cm³/mol. The smallest absolute Gasteiger partial charge is 0.219 e. The van der Waals surface area contributed by atoms with Gasteiger partial charge in [0.2, 0.25) is 5.91 Å². The van der Waals surface area contributed by atoms with Gasteiger partial charge >= 0.3 is 0 Å². The molecule has 178 valence electrons. The lowest BCUT2D eigenvalue weighted by atomic mass is 9.92. The summed E-state index contributed by atoms with van der Waals surface area (Å²) in [6.45, 7) is 4.32. The van der Waals surface area contributed by atoms with Gasteiger partial charge in [-0.05, 0) is 37.5 Å². The number of piperidine rings is 1. The van der Waals surface area contributed by atoms with Gasteiger partial charge < -0.3 is 10.2 Å². The number of nitrogens with zero attached hydrogens (tertiary/aromatic N) is 7. The van der Waals surface area contributed by atoms with E-state index in [0.717, 1.165) is 29.7 Å². The Morgan fingerprint density at radius 1 is 1.06 bits per heavy atom. The van der Waals surface area contributed by atoms with Crippen LogP contribution in [0.15, 0.2) is 61.3 Å². The number of rotatable bonds is 5. The van der Waals surface area contributed by atoms with Gasteiger partial charge in [-0.1, -0.05) is 12.1 Å². The van der Waals surface area contributed by atoms with Gasteiger partial charge in [0.15, 0.2) is 0 Å². The average Bonchev–Trinajstić information content (AvgIpc) is 3.31. The average molecular weight is 469 g/mol. The number of hydrogen-bond acceptors (Lipinski definition) is 7. The minimum absolute atomic E-state index is 0.0500. The molecule has 0 radical (unpaired) electrons. The molecular weight excluding hydrogens is 440 g/mol. The van der Waals surface area contributed by atoms with E-state index in [9.17, 15) is 4.79 Å². The highest BCUT2D eigenvalue weighted by molar-refractivity contribution is 5.74. The second-order valence-electron chi connectivity index (χ2n) is 8.99. The number of aryl methyl sites for hydroxylation is 1. The van der Waals surface area contributed by atoms with E-state index in [1.165, 1.54) is 0 Å². The van der Waals surface area contributed by atoms with Crippen molar-refractivity contribution < 1.29 is 4.79 Å². The number of amides is 1. The summed E-state index contributed by atoms with van der Waals surface area (Å²) in [5.74, 6) is 1.51. The number of anilines is 2. The lowest BCUT2D eigenvalue weighted by molar-refractivity contribution is -0.132. The van der Waals surface area contributed by atoms with E-state index in [2.05, 4.69) is 39.4 Å². The summed E-state index contributed by atoms with van der Waals surface area (Å²) in [7, 11) is 1.90. The summed E-state index contributed by atoms with van der Waals surface area (Å²) in [6, 6.07) is 10.2. The number of carbonyl (C=O) groups excluding carboxylic acids is 1. The Balaban J connectivity index is 1.49. The fourth-order valence-corrected chi connectivity index (χ4v) is 4.53. The number of aromatic nitrogens is 6. The van der Waals surface area contributed by atoms with Gasteiger partial charge in [0.1, 0.15) is 17.3 Å². The number of hydrogen-bond donors (Lipinski definition) is 1. The van der Waals surface area contributed by atoms with E-state index in [0.29, 0.717) is 29.6 Å². The van der Waals surface area contributed by atoms with E-state index in [4.69, 9.17) is 9.97 Å². The topological polar surface area (TPSA) is 102 Å². The molecule has 2 atom stereocenters. The first-order chi connectivity index (χ1) is 17.0. The van der Waals surface area contributed by atoms with Crippen LogP contribution in [-0.2, 0) is 11.8 Å². The highest BCUT2D eigenvalue weighted by Crippen LogP contribution is 2.31. The fourth-order valence-electron chi connectivity index (χ4n) is 4.53. The summed E-state index contributed by atoms with van der Waals surface area (Å²) in [4.78, 5) is 32.5. The molecule has 1 N–H and O–H groups in total. The van der Waals surface area contributed by atoms with Crippen LogP contribution >= 0.6 is 0 Å². The zero-order valence-electron chi connectivity index (χ0n) is 20.1. The summed E-state index contributed by atoms with van der Waals surface area (Å²) >= 11 is 0. The van der Waals surface area contributed by atoms with Crippen molar-refractivity contribution in [2.45, 2.75) is 38.6 Å². The molecule has 0 spiro atoms. The number of carbonyl (C=O) groups is 1. The van der Waals surface area contributed by atoms with Crippen LogP contribution in [0.5, 0.6) is 0 Å². The Morgan fingerprint density at radius 3 is 2.69 bits per heavy atom. The lowest BCUT2D eigenvalue weighted by Gasteiger charge is -2.37. The molecule has 3 aromatic heterocycles. The molecule has 1 aliphatic heterocycles. The van der Waals surface area contributed by atoms with Gasteiger partial charge in [-0.25, -0.2) is 9.97 Å². The van der Waals surface area contributed by atoms with E-state index >= 15 is 0 Å². The Morgan fingerprint density at radius 2 is 1.94 bits per heavy atom. The highest BCUT2D eigenvalue weighted by atomic mass is 16.2. The highest BCUT2D eigenvalue weighted by Gasteiger charge is 2.30. The molecule has 4 aromatic rings. The molecule has 5 rings (SSSR count).